The Kier molecular flexibility index (Phi) is 5.15. The van der Waals surface area contributed by atoms with Crippen molar-refractivity contribution < 1.29 is 9.84 Å². The third-order valence-electron chi connectivity index (χ3n) is 4.62. The highest BCUT2D eigenvalue weighted by atomic mass is 16.5. The number of hydrogen-bond acceptors (Lipinski definition) is 5. The Morgan fingerprint density at radius 1 is 1.12 bits per heavy atom. The van der Waals surface area contributed by atoms with E-state index >= 15 is 0 Å². The topological polar surface area (TPSA) is 73.4 Å². The number of nitrogens with one attached hydrogen (secondary N) is 2. The monoisotopic (exact) mass is 352 g/mol. The van der Waals surface area contributed by atoms with Gasteiger partial charge in [-0.3, -0.25) is 4.90 Å². The summed E-state index contributed by atoms with van der Waals surface area (Å²) >= 11 is 0. The maximum Gasteiger partial charge on any atom is 0.138 e. The van der Waals surface area contributed by atoms with Crippen LogP contribution in [0.2, 0.25) is 0 Å². The molecule has 1 atom stereocenters. The second kappa shape index (κ2) is 7.86. The van der Waals surface area contributed by atoms with Gasteiger partial charge in [0.25, 0.3) is 0 Å². The van der Waals surface area contributed by atoms with Crippen molar-refractivity contribution in [1.29, 1.82) is 0 Å². The normalized spacial score (nSPS) is 16.7. The standard InChI is InChI=1S/C20H24N4O2/c25-16(13-24-10-8-21-9-11-24)14-26-17-6-7-18-19(12-17)23-20(22-18)15-4-2-1-3-5-15/h1-7,12,16,21,25H,8-11,13-14H2,(H,22,23). The van der Waals surface area contributed by atoms with E-state index in [0.717, 1.165) is 54.3 Å². The molecule has 3 aromatic rings. The molecule has 0 aliphatic carbocycles. The first-order valence-corrected chi connectivity index (χ1v) is 9.07. The number of fused-ring (bicyclic) bond motifs is 1. The van der Waals surface area contributed by atoms with Crippen molar-refractivity contribution in [2.24, 2.45) is 0 Å². The van der Waals surface area contributed by atoms with E-state index < -0.39 is 6.10 Å². The number of aliphatic hydroxyl groups is 1. The lowest BCUT2D eigenvalue weighted by Crippen LogP contribution is -2.47. The quantitative estimate of drug-likeness (QED) is 0.632. The fourth-order valence-corrected chi connectivity index (χ4v) is 3.25. The molecule has 1 aliphatic heterocycles. The minimum absolute atomic E-state index is 0.287. The molecule has 1 saturated heterocycles. The minimum Gasteiger partial charge on any atom is -0.491 e. The van der Waals surface area contributed by atoms with E-state index in [4.69, 9.17) is 4.74 Å². The van der Waals surface area contributed by atoms with Gasteiger partial charge >= 0.3 is 0 Å². The van der Waals surface area contributed by atoms with Crippen LogP contribution in [0.15, 0.2) is 48.5 Å². The van der Waals surface area contributed by atoms with Crippen molar-refractivity contribution in [2.45, 2.75) is 6.10 Å². The lowest BCUT2D eigenvalue weighted by Gasteiger charge is -2.28. The summed E-state index contributed by atoms with van der Waals surface area (Å²) in [4.78, 5) is 10.2. The van der Waals surface area contributed by atoms with E-state index in [1.54, 1.807) is 0 Å². The molecule has 1 aromatic heterocycles. The highest BCUT2D eigenvalue weighted by Crippen LogP contribution is 2.23. The zero-order chi connectivity index (χ0) is 17.8. The molecule has 0 saturated carbocycles. The second-order valence-electron chi connectivity index (χ2n) is 6.65. The van der Waals surface area contributed by atoms with Gasteiger partial charge in [-0.15, -0.1) is 0 Å². The molecule has 2 heterocycles. The summed E-state index contributed by atoms with van der Waals surface area (Å²) in [5.41, 5.74) is 2.88. The van der Waals surface area contributed by atoms with Gasteiger partial charge in [0.2, 0.25) is 0 Å². The highest BCUT2D eigenvalue weighted by molar-refractivity contribution is 5.80. The Bertz CT molecular complexity index is 843. The number of nitrogens with zero attached hydrogens (tertiary/aromatic N) is 2. The molecule has 0 spiro atoms. The number of aromatic nitrogens is 2. The predicted molar refractivity (Wildman–Crippen MR) is 102 cm³/mol. The smallest absolute Gasteiger partial charge is 0.138 e. The van der Waals surface area contributed by atoms with Crippen molar-refractivity contribution in [3.05, 3.63) is 48.5 Å². The number of imidazole rings is 1. The zero-order valence-corrected chi connectivity index (χ0v) is 14.7. The molecule has 2 aromatic carbocycles. The van der Waals surface area contributed by atoms with E-state index in [2.05, 4.69) is 20.2 Å². The Morgan fingerprint density at radius 2 is 1.92 bits per heavy atom. The summed E-state index contributed by atoms with van der Waals surface area (Å²) in [6, 6.07) is 15.8. The molecule has 6 heteroatoms. The molecule has 6 nitrogen and oxygen atoms in total. The van der Waals surface area contributed by atoms with Crippen LogP contribution in [0.4, 0.5) is 0 Å². The number of ether oxygens (including phenoxy) is 1. The number of piperazine rings is 1. The number of H-pyrrole nitrogens is 1. The van der Waals surface area contributed by atoms with Gasteiger partial charge in [0, 0.05) is 44.4 Å². The average molecular weight is 352 g/mol. The lowest BCUT2D eigenvalue weighted by molar-refractivity contribution is 0.0642. The van der Waals surface area contributed by atoms with Gasteiger partial charge in [-0.1, -0.05) is 30.3 Å². The van der Waals surface area contributed by atoms with Crippen LogP contribution < -0.4 is 10.1 Å². The largest absolute Gasteiger partial charge is 0.491 e. The van der Waals surface area contributed by atoms with E-state index in [1.165, 1.54) is 0 Å². The Morgan fingerprint density at radius 3 is 2.73 bits per heavy atom. The Hall–Kier alpha value is -2.41. The summed E-state index contributed by atoms with van der Waals surface area (Å²) in [5, 5.41) is 13.5. The SMILES string of the molecule is OC(COc1ccc2nc(-c3ccccc3)[nH]c2c1)CN1CCNCC1. The third kappa shape index (κ3) is 4.04. The van der Waals surface area contributed by atoms with Crippen LogP contribution in [0.5, 0.6) is 5.75 Å². The maximum absolute atomic E-state index is 10.2. The van der Waals surface area contributed by atoms with Gasteiger partial charge in [0.05, 0.1) is 11.0 Å². The van der Waals surface area contributed by atoms with Gasteiger partial charge in [-0.25, -0.2) is 4.98 Å². The fourth-order valence-electron chi connectivity index (χ4n) is 3.25. The minimum atomic E-state index is -0.495. The highest BCUT2D eigenvalue weighted by Gasteiger charge is 2.15. The second-order valence-corrected chi connectivity index (χ2v) is 6.65. The number of benzene rings is 2. The van der Waals surface area contributed by atoms with Crippen LogP contribution in [0.25, 0.3) is 22.4 Å². The maximum atomic E-state index is 10.2. The summed E-state index contributed by atoms with van der Waals surface area (Å²) in [7, 11) is 0. The molecule has 1 aliphatic rings. The summed E-state index contributed by atoms with van der Waals surface area (Å²) in [5.74, 6) is 1.58. The van der Waals surface area contributed by atoms with Crippen LogP contribution in [-0.2, 0) is 0 Å². The molecular formula is C20H24N4O2. The van der Waals surface area contributed by atoms with Crippen molar-refractivity contribution in [3.8, 4) is 17.1 Å². The lowest BCUT2D eigenvalue weighted by atomic mass is 10.2. The molecule has 136 valence electrons. The molecule has 0 bridgehead atoms. The van der Waals surface area contributed by atoms with E-state index in [-0.39, 0.29) is 6.61 Å². The molecule has 0 amide bonds. The first-order chi connectivity index (χ1) is 12.8. The van der Waals surface area contributed by atoms with E-state index in [1.807, 2.05) is 48.5 Å². The van der Waals surface area contributed by atoms with Crippen LogP contribution >= 0.6 is 0 Å². The third-order valence-corrected chi connectivity index (χ3v) is 4.62. The van der Waals surface area contributed by atoms with E-state index in [0.29, 0.717) is 6.54 Å². The number of hydrogen-bond donors (Lipinski definition) is 3. The average Bonchev–Trinajstić information content (AvgIpc) is 3.11. The Labute approximate surface area is 152 Å². The number of β-amino-alcohol motifs (C(OH)–C–C–N with tert-alkyl or cyclic N) is 1. The van der Waals surface area contributed by atoms with Gasteiger partial charge in [-0.05, 0) is 12.1 Å². The molecule has 1 fully saturated rings. The van der Waals surface area contributed by atoms with Crippen LogP contribution in [-0.4, -0.2) is 65.4 Å². The van der Waals surface area contributed by atoms with Gasteiger partial charge in [0.15, 0.2) is 0 Å². The molecule has 3 N–H and O–H groups in total. The molecule has 4 rings (SSSR count). The van der Waals surface area contributed by atoms with Crippen LogP contribution in [0.1, 0.15) is 0 Å². The molecule has 0 radical (unpaired) electrons. The van der Waals surface area contributed by atoms with E-state index in [9.17, 15) is 5.11 Å². The fraction of sp³-hybridized carbons (Fsp3) is 0.350. The van der Waals surface area contributed by atoms with Crippen LogP contribution in [0, 0.1) is 0 Å². The Balaban J connectivity index is 1.39. The van der Waals surface area contributed by atoms with Crippen LogP contribution in [0.3, 0.4) is 0 Å². The van der Waals surface area contributed by atoms with Gasteiger partial charge in [-0.2, -0.15) is 0 Å². The summed E-state index contributed by atoms with van der Waals surface area (Å²) in [6.07, 6.45) is -0.495. The zero-order valence-electron chi connectivity index (χ0n) is 14.7. The van der Waals surface area contributed by atoms with Crippen molar-refractivity contribution in [1.82, 2.24) is 20.2 Å². The summed E-state index contributed by atoms with van der Waals surface area (Å²) in [6.45, 7) is 4.84. The van der Waals surface area contributed by atoms with Crippen molar-refractivity contribution >= 4 is 11.0 Å². The first-order valence-electron chi connectivity index (χ1n) is 9.07. The predicted octanol–water partition coefficient (Wildman–Crippen LogP) is 1.87. The van der Waals surface area contributed by atoms with Crippen molar-refractivity contribution in [2.75, 3.05) is 39.3 Å². The first kappa shape index (κ1) is 17.0. The molecular weight excluding hydrogens is 328 g/mol. The number of aromatic amines is 1. The molecule has 26 heavy (non-hydrogen) atoms. The van der Waals surface area contributed by atoms with Gasteiger partial charge < -0.3 is 20.1 Å². The van der Waals surface area contributed by atoms with Crippen molar-refractivity contribution in [3.63, 3.8) is 0 Å². The number of rotatable bonds is 6. The number of aliphatic hydroxyl groups excluding tert-OH is 1. The summed E-state index contributed by atoms with van der Waals surface area (Å²) < 4.78 is 5.79. The van der Waals surface area contributed by atoms with Gasteiger partial charge in [0.1, 0.15) is 24.3 Å². The molecule has 1 unspecified atom stereocenters.